The van der Waals surface area contributed by atoms with Gasteiger partial charge < -0.3 is 4.98 Å². The van der Waals surface area contributed by atoms with Crippen LogP contribution in [-0.4, -0.2) is 20.1 Å². The number of hydrogen-bond donors (Lipinski definition) is 1. The van der Waals surface area contributed by atoms with Crippen LogP contribution in [0.15, 0.2) is 24.8 Å². The first-order valence-corrected chi connectivity index (χ1v) is 7.64. The van der Waals surface area contributed by atoms with Crippen LogP contribution in [0.2, 0.25) is 0 Å². The lowest BCUT2D eigenvalue weighted by Gasteiger charge is -2.00. The van der Waals surface area contributed by atoms with Gasteiger partial charge in [0.05, 0.1) is 6.07 Å². The van der Waals surface area contributed by atoms with Gasteiger partial charge >= 0.3 is 0 Å². The van der Waals surface area contributed by atoms with Gasteiger partial charge in [-0.05, 0) is 16.6 Å². The third-order valence-corrected chi connectivity index (χ3v) is 4.40. The van der Waals surface area contributed by atoms with Crippen molar-refractivity contribution in [2.75, 3.05) is 0 Å². The molecule has 1 N–H and O–H groups in total. The van der Waals surface area contributed by atoms with Crippen molar-refractivity contribution in [3.63, 3.8) is 0 Å². The Kier molecular flexibility index (Phi) is 3.88. The predicted octanol–water partition coefficient (Wildman–Crippen LogP) is 2.62. The van der Waals surface area contributed by atoms with Crippen molar-refractivity contribution in [2.45, 2.75) is 32.2 Å². The van der Waals surface area contributed by atoms with E-state index >= 15 is 0 Å². The lowest BCUT2D eigenvalue weighted by Crippen LogP contribution is -2.38. The van der Waals surface area contributed by atoms with Gasteiger partial charge in [-0.2, -0.15) is 5.26 Å². The zero-order valence-electron chi connectivity index (χ0n) is 11.7. The first-order chi connectivity index (χ1) is 10.3. The summed E-state index contributed by atoms with van der Waals surface area (Å²) in [5, 5.41) is 14.4. The van der Waals surface area contributed by atoms with E-state index < -0.39 is 0 Å². The Morgan fingerprint density at radius 1 is 1.48 bits per heavy atom. The molecule has 0 saturated heterocycles. The molecule has 3 heterocycles. The van der Waals surface area contributed by atoms with Crippen molar-refractivity contribution in [2.24, 2.45) is 0 Å². The molecule has 0 fully saturated rings. The van der Waals surface area contributed by atoms with Crippen molar-refractivity contribution in [3.05, 3.63) is 24.8 Å². The highest BCUT2D eigenvalue weighted by atomic mass is 32.1. The van der Waals surface area contributed by atoms with Crippen LogP contribution in [0.3, 0.4) is 0 Å². The first kappa shape index (κ1) is 13.6. The molecule has 21 heavy (non-hydrogen) atoms. The fourth-order valence-corrected chi connectivity index (χ4v) is 3.30. The summed E-state index contributed by atoms with van der Waals surface area (Å²) < 4.78 is 1.92. The minimum atomic E-state index is 0.141. The summed E-state index contributed by atoms with van der Waals surface area (Å²) in [6.45, 7) is 2.12. The third kappa shape index (κ3) is 2.62. The van der Waals surface area contributed by atoms with E-state index in [0.717, 1.165) is 34.4 Å². The highest BCUT2D eigenvalue weighted by Gasteiger charge is 2.24. The highest BCUT2D eigenvalue weighted by molar-refractivity contribution is 7.05. The monoisotopic (exact) mass is 299 g/mol. The molecule has 0 aliphatic carbocycles. The quantitative estimate of drug-likeness (QED) is 0.734. The van der Waals surface area contributed by atoms with Crippen LogP contribution in [0.25, 0.3) is 21.6 Å². The predicted molar refractivity (Wildman–Crippen MR) is 79.4 cm³/mol. The summed E-state index contributed by atoms with van der Waals surface area (Å²) in [5.41, 5.74) is 1.70. The molecule has 1 atom stereocenters. The van der Waals surface area contributed by atoms with Gasteiger partial charge in [-0.3, -0.25) is 0 Å². The molecule has 106 valence electrons. The maximum atomic E-state index is 8.95. The summed E-state index contributed by atoms with van der Waals surface area (Å²) in [6.07, 6.45) is 7.69. The maximum Gasteiger partial charge on any atom is 0.211 e. The van der Waals surface area contributed by atoms with Gasteiger partial charge in [0.2, 0.25) is 6.04 Å². The molecule has 0 aliphatic rings. The molecular weight excluding hydrogens is 284 g/mol. The van der Waals surface area contributed by atoms with E-state index in [1.165, 1.54) is 0 Å². The average Bonchev–Trinajstić information content (AvgIpc) is 3.15. The standard InChI is InChI=1S/C14H14N6S/c1-2-3-10(4-6-15)20-19-8-12(21-20)13-11-5-7-16-14(11)18-9-17-13/h5,7-10H,2-4H2,1H3/p+1/t10-/m1/s1. The Hall–Kier alpha value is -2.33. The van der Waals surface area contributed by atoms with Crippen LogP contribution >= 0.6 is 11.5 Å². The summed E-state index contributed by atoms with van der Waals surface area (Å²) in [6, 6.07) is 4.35. The number of H-pyrrole nitrogens is 1. The number of nitrogens with zero attached hydrogens (tertiary/aromatic N) is 5. The van der Waals surface area contributed by atoms with Gasteiger partial charge in [-0.15, -0.1) is 0 Å². The van der Waals surface area contributed by atoms with Crippen LogP contribution in [0.1, 0.15) is 32.2 Å². The normalized spacial score (nSPS) is 12.4. The smallest absolute Gasteiger partial charge is 0.211 e. The lowest BCUT2D eigenvalue weighted by atomic mass is 10.1. The van der Waals surface area contributed by atoms with E-state index in [-0.39, 0.29) is 6.04 Å². The fourth-order valence-electron chi connectivity index (χ4n) is 2.33. The Labute approximate surface area is 126 Å². The van der Waals surface area contributed by atoms with Gasteiger partial charge in [0.1, 0.15) is 35.2 Å². The zero-order chi connectivity index (χ0) is 14.7. The van der Waals surface area contributed by atoms with E-state index in [0.29, 0.717) is 6.42 Å². The van der Waals surface area contributed by atoms with Gasteiger partial charge in [0.25, 0.3) is 0 Å². The Morgan fingerprint density at radius 3 is 3.19 bits per heavy atom. The number of nitriles is 1. The van der Waals surface area contributed by atoms with Crippen LogP contribution < -0.4 is 4.07 Å². The summed E-state index contributed by atoms with van der Waals surface area (Å²) in [4.78, 5) is 12.6. The maximum absolute atomic E-state index is 8.95. The second kappa shape index (κ2) is 5.97. The van der Waals surface area contributed by atoms with Crippen molar-refractivity contribution in [1.29, 1.82) is 5.26 Å². The summed E-state index contributed by atoms with van der Waals surface area (Å²) in [5.74, 6) is 0. The van der Waals surface area contributed by atoms with Crippen LogP contribution in [0.5, 0.6) is 0 Å². The fraction of sp³-hybridized carbons (Fsp3) is 0.357. The van der Waals surface area contributed by atoms with Crippen molar-refractivity contribution in [3.8, 4) is 16.6 Å². The number of rotatable bonds is 5. The van der Waals surface area contributed by atoms with E-state index in [4.69, 9.17) is 5.26 Å². The van der Waals surface area contributed by atoms with Crippen molar-refractivity contribution in [1.82, 2.24) is 20.1 Å². The largest absolute Gasteiger partial charge is 0.346 e. The van der Waals surface area contributed by atoms with Crippen LogP contribution in [-0.2, 0) is 0 Å². The molecule has 0 unspecified atom stereocenters. The minimum Gasteiger partial charge on any atom is -0.346 e. The lowest BCUT2D eigenvalue weighted by molar-refractivity contribution is -0.714. The topological polar surface area (TPSA) is 82.1 Å². The SMILES string of the molecule is CCC[C@H](CC#N)[n+]1ncc(-c2ncnc3[nH]ccc23)s1. The second-order valence-electron chi connectivity index (χ2n) is 4.77. The number of hydrogen-bond acceptors (Lipinski definition) is 5. The Morgan fingerprint density at radius 2 is 2.38 bits per heavy atom. The zero-order valence-corrected chi connectivity index (χ0v) is 12.5. The van der Waals surface area contributed by atoms with E-state index in [1.807, 2.05) is 22.5 Å². The van der Waals surface area contributed by atoms with E-state index in [9.17, 15) is 0 Å². The molecule has 3 rings (SSSR count). The van der Waals surface area contributed by atoms with Gasteiger partial charge in [-0.1, -0.05) is 6.92 Å². The Balaban J connectivity index is 1.98. The molecule has 0 saturated carbocycles. The number of aromatic nitrogens is 5. The molecule has 0 radical (unpaired) electrons. The first-order valence-electron chi connectivity index (χ1n) is 6.87. The van der Waals surface area contributed by atoms with E-state index in [1.54, 1.807) is 17.9 Å². The van der Waals surface area contributed by atoms with Gasteiger partial charge in [-0.25, -0.2) is 9.97 Å². The van der Waals surface area contributed by atoms with Gasteiger partial charge in [0.15, 0.2) is 11.5 Å². The summed E-state index contributed by atoms with van der Waals surface area (Å²) >= 11 is 1.54. The Bertz CT molecular complexity index is 784. The molecule has 3 aromatic rings. The van der Waals surface area contributed by atoms with Crippen molar-refractivity contribution >= 4 is 22.6 Å². The van der Waals surface area contributed by atoms with Crippen molar-refractivity contribution < 1.29 is 4.07 Å². The molecule has 0 aromatic carbocycles. The molecule has 7 heteroatoms. The molecule has 0 bridgehead atoms. The third-order valence-electron chi connectivity index (χ3n) is 3.33. The average molecular weight is 299 g/mol. The molecular formula is C14H15N6S+. The molecule has 0 aliphatic heterocycles. The van der Waals surface area contributed by atoms with Crippen LogP contribution in [0.4, 0.5) is 0 Å². The number of nitrogens with one attached hydrogen (secondary N) is 1. The molecule has 0 amide bonds. The molecule has 3 aromatic heterocycles. The number of aromatic amines is 1. The molecule has 0 spiro atoms. The highest BCUT2D eigenvalue weighted by Crippen LogP contribution is 2.26. The number of fused-ring (bicyclic) bond motifs is 1. The minimum absolute atomic E-state index is 0.141. The van der Waals surface area contributed by atoms with Crippen LogP contribution in [0, 0.1) is 11.3 Å². The summed E-state index contributed by atoms with van der Waals surface area (Å²) in [7, 11) is 0. The molecule has 6 nitrogen and oxygen atoms in total. The van der Waals surface area contributed by atoms with E-state index in [2.05, 4.69) is 33.0 Å². The second-order valence-corrected chi connectivity index (χ2v) is 5.77. The van der Waals surface area contributed by atoms with Gasteiger partial charge in [0, 0.05) is 23.1 Å².